The number of thiazole rings is 1. The number of anilines is 1. The molecule has 0 unspecified atom stereocenters. The Morgan fingerprint density at radius 2 is 1.85 bits per heavy atom. The molecule has 4 nitrogen and oxygen atoms in total. The fourth-order valence-corrected chi connectivity index (χ4v) is 5.48. The monoisotopic (exact) mass is 465 g/mol. The molecule has 2 aromatic heterocycles. The number of carbonyl (C=O) groups is 1. The van der Waals surface area contributed by atoms with Crippen LogP contribution in [0.2, 0.25) is 0 Å². The lowest BCUT2D eigenvalue weighted by atomic mass is 10.1. The zero-order valence-corrected chi connectivity index (χ0v) is 19.3. The second kappa shape index (κ2) is 8.82. The zero-order chi connectivity index (χ0) is 19.6. The number of likely N-dealkylation sites (N-methyl/N-ethyl adjacent to an activating group) is 1. The smallest absolute Gasteiger partial charge is 0.270 e. The molecule has 3 rings (SSSR count). The average Bonchev–Trinajstić information content (AvgIpc) is 3.25. The Labute approximate surface area is 177 Å². The van der Waals surface area contributed by atoms with Crippen LogP contribution in [0.3, 0.4) is 0 Å². The number of hydrogen-bond acceptors (Lipinski definition) is 5. The lowest BCUT2D eigenvalue weighted by Gasteiger charge is -2.24. The average molecular weight is 466 g/mol. The molecule has 7 heteroatoms. The van der Waals surface area contributed by atoms with Gasteiger partial charge in [0.2, 0.25) is 0 Å². The van der Waals surface area contributed by atoms with E-state index in [1.54, 1.807) is 11.3 Å². The van der Waals surface area contributed by atoms with E-state index in [0.29, 0.717) is 6.54 Å². The van der Waals surface area contributed by atoms with E-state index in [1.807, 2.05) is 17.0 Å². The molecular formula is C20H24BrN3OS2. The topological polar surface area (TPSA) is 36.4 Å². The summed E-state index contributed by atoms with van der Waals surface area (Å²) in [5.41, 5.74) is 3.38. The molecule has 1 amide bonds. The number of benzene rings is 1. The molecule has 0 N–H and O–H groups in total. The van der Waals surface area contributed by atoms with Crippen molar-refractivity contribution < 1.29 is 4.79 Å². The summed E-state index contributed by atoms with van der Waals surface area (Å²) in [6.45, 7) is 11.9. The van der Waals surface area contributed by atoms with Crippen molar-refractivity contribution in [1.82, 2.24) is 9.88 Å². The van der Waals surface area contributed by atoms with Gasteiger partial charge in [-0.1, -0.05) is 31.3 Å². The van der Waals surface area contributed by atoms with Crippen molar-refractivity contribution in [3.63, 3.8) is 0 Å². The van der Waals surface area contributed by atoms with Gasteiger partial charge < -0.3 is 4.90 Å². The molecule has 0 fully saturated rings. The van der Waals surface area contributed by atoms with E-state index >= 15 is 0 Å². The van der Waals surface area contributed by atoms with E-state index in [9.17, 15) is 4.79 Å². The molecule has 0 atom stereocenters. The Kier molecular flexibility index (Phi) is 6.68. The quantitative estimate of drug-likeness (QED) is 0.447. The normalized spacial score (nSPS) is 11.5. The molecule has 0 radical (unpaired) electrons. The van der Waals surface area contributed by atoms with Crippen molar-refractivity contribution in [2.75, 3.05) is 31.1 Å². The summed E-state index contributed by atoms with van der Waals surface area (Å²) in [7, 11) is 0. The minimum absolute atomic E-state index is 0.0197. The maximum Gasteiger partial charge on any atom is 0.270 e. The number of rotatable bonds is 7. The molecule has 0 aliphatic rings. The van der Waals surface area contributed by atoms with Gasteiger partial charge in [0, 0.05) is 13.1 Å². The summed E-state index contributed by atoms with van der Waals surface area (Å²) in [6.07, 6.45) is 0. The van der Waals surface area contributed by atoms with E-state index in [1.165, 1.54) is 22.5 Å². The third kappa shape index (κ3) is 4.59. The van der Waals surface area contributed by atoms with Crippen molar-refractivity contribution in [3.05, 3.63) is 44.1 Å². The third-order valence-corrected chi connectivity index (χ3v) is 7.44. The van der Waals surface area contributed by atoms with Crippen LogP contribution in [0.5, 0.6) is 0 Å². The number of amides is 1. The Bertz CT molecular complexity index is 946. The van der Waals surface area contributed by atoms with Crippen LogP contribution in [-0.4, -0.2) is 42.0 Å². The number of halogens is 1. The van der Waals surface area contributed by atoms with E-state index in [0.717, 1.165) is 43.6 Å². The van der Waals surface area contributed by atoms with E-state index in [2.05, 4.69) is 60.7 Å². The van der Waals surface area contributed by atoms with E-state index in [-0.39, 0.29) is 5.91 Å². The van der Waals surface area contributed by atoms with Crippen LogP contribution in [0.4, 0.5) is 5.13 Å². The number of aryl methyl sites for hydroxylation is 2. The van der Waals surface area contributed by atoms with Crippen LogP contribution in [0.15, 0.2) is 28.1 Å². The second-order valence-electron chi connectivity index (χ2n) is 6.51. The predicted octanol–water partition coefficient (Wildman–Crippen LogP) is 5.73. The van der Waals surface area contributed by atoms with Crippen LogP contribution < -0.4 is 4.90 Å². The highest BCUT2D eigenvalue weighted by atomic mass is 79.9. The summed E-state index contributed by atoms with van der Waals surface area (Å²) in [5, 5.41) is 0.778. The van der Waals surface area contributed by atoms with Crippen LogP contribution >= 0.6 is 38.6 Å². The number of nitrogens with zero attached hydrogens (tertiary/aromatic N) is 3. The molecule has 0 saturated heterocycles. The molecule has 0 spiro atoms. The first-order valence-corrected chi connectivity index (χ1v) is 11.5. The van der Waals surface area contributed by atoms with Crippen LogP contribution in [-0.2, 0) is 0 Å². The fourth-order valence-electron chi connectivity index (χ4n) is 3.11. The van der Waals surface area contributed by atoms with Crippen molar-refractivity contribution in [2.45, 2.75) is 27.7 Å². The van der Waals surface area contributed by atoms with Crippen LogP contribution in [0.1, 0.15) is 34.6 Å². The van der Waals surface area contributed by atoms with Gasteiger partial charge in [0.15, 0.2) is 5.13 Å². The first-order valence-electron chi connectivity index (χ1n) is 9.10. The Morgan fingerprint density at radius 1 is 1.11 bits per heavy atom. The minimum Gasteiger partial charge on any atom is -0.302 e. The maximum absolute atomic E-state index is 13.2. The highest BCUT2D eigenvalue weighted by Gasteiger charge is 2.23. The Balaban J connectivity index is 1.98. The van der Waals surface area contributed by atoms with Crippen LogP contribution in [0, 0.1) is 13.8 Å². The first-order chi connectivity index (χ1) is 12.9. The minimum atomic E-state index is 0.0197. The molecule has 0 bridgehead atoms. The number of hydrogen-bond donors (Lipinski definition) is 0. The van der Waals surface area contributed by atoms with Crippen molar-refractivity contribution >= 4 is 59.9 Å². The molecule has 2 heterocycles. The van der Waals surface area contributed by atoms with E-state index < -0.39 is 0 Å². The van der Waals surface area contributed by atoms with Gasteiger partial charge in [-0.05, 0) is 72.2 Å². The largest absolute Gasteiger partial charge is 0.302 e. The van der Waals surface area contributed by atoms with Gasteiger partial charge in [-0.2, -0.15) is 0 Å². The molecule has 0 aliphatic carbocycles. The summed E-state index contributed by atoms with van der Waals surface area (Å²) in [6, 6.07) is 8.07. The van der Waals surface area contributed by atoms with Gasteiger partial charge in [-0.3, -0.25) is 9.69 Å². The van der Waals surface area contributed by atoms with Gasteiger partial charge in [-0.15, -0.1) is 11.3 Å². The predicted molar refractivity (Wildman–Crippen MR) is 121 cm³/mol. The summed E-state index contributed by atoms with van der Waals surface area (Å²) in [5.74, 6) is 0.0197. The van der Waals surface area contributed by atoms with Gasteiger partial charge in [0.1, 0.15) is 0 Å². The van der Waals surface area contributed by atoms with Crippen molar-refractivity contribution in [2.24, 2.45) is 0 Å². The van der Waals surface area contributed by atoms with Crippen LogP contribution in [0.25, 0.3) is 10.2 Å². The van der Waals surface area contributed by atoms with Gasteiger partial charge >= 0.3 is 0 Å². The van der Waals surface area contributed by atoms with Gasteiger partial charge in [0.05, 0.1) is 18.9 Å². The molecule has 0 aliphatic heterocycles. The van der Waals surface area contributed by atoms with Gasteiger partial charge in [-0.25, -0.2) is 4.98 Å². The van der Waals surface area contributed by atoms with E-state index in [4.69, 9.17) is 4.98 Å². The van der Waals surface area contributed by atoms with Crippen molar-refractivity contribution in [3.8, 4) is 0 Å². The standard InChI is InChI=1S/C20H24BrN3OS2/c1-5-23(6-2)9-10-24(19(25)16-7-8-17(21)26-16)20-22-15-12-13(3)11-14(4)18(15)27-20/h7-8,11-12H,5-6,9-10H2,1-4H3. The molecule has 0 saturated carbocycles. The Morgan fingerprint density at radius 3 is 2.48 bits per heavy atom. The highest BCUT2D eigenvalue weighted by Crippen LogP contribution is 2.33. The number of fused-ring (bicyclic) bond motifs is 1. The highest BCUT2D eigenvalue weighted by molar-refractivity contribution is 9.11. The third-order valence-electron chi connectivity index (χ3n) is 4.60. The second-order valence-corrected chi connectivity index (χ2v) is 9.95. The fraction of sp³-hybridized carbons (Fsp3) is 0.400. The molecular weight excluding hydrogens is 442 g/mol. The molecule has 1 aromatic carbocycles. The summed E-state index contributed by atoms with van der Waals surface area (Å²) >= 11 is 6.53. The number of aromatic nitrogens is 1. The zero-order valence-electron chi connectivity index (χ0n) is 16.1. The number of carbonyl (C=O) groups excluding carboxylic acids is 1. The van der Waals surface area contributed by atoms with Crippen molar-refractivity contribution in [1.29, 1.82) is 0 Å². The SMILES string of the molecule is CCN(CC)CCN(C(=O)c1ccc(Br)s1)c1nc2cc(C)cc(C)c2s1. The summed E-state index contributed by atoms with van der Waals surface area (Å²) in [4.78, 5) is 23.0. The summed E-state index contributed by atoms with van der Waals surface area (Å²) < 4.78 is 2.12. The number of thiophene rings is 1. The Hall–Kier alpha value is -1.28. The lowest BCUT2D eigenvalue weighted by Crippen LogP contribution is -2.38. The molecule has 3 aromatic rings. The molecule has 27 heavy (non-hydrogen) atoms. The lowest BCUT2D eigenvalue weighted by molar-refractivity contribution is 0.0987. The first kappa shape index (κ1) is 20.5. The maximum atomic E-state index is 13.2. The van der Waals surface area contributed by atoms with Gasteiger partial charge in [0.25, 0.3) is 5.91 Å². The molecule has 144 valence electrons.